The summed E-state index contributed by atoms with van der Waals surface area (Å²) in [4.78, 5) is 13.4. The maximum atomic E-state index is 12.7. The molecule has 118 valence electrons. The van der Waals surface area contributed by atoms with Crippen LogP contribution in [-0.4, -0.2) is 9.91 Å². The van der Waals surface area contributed by atoms with Crippen molar-refractivity contribution in [1.29, 1.82) is 5.26 Å². The number of ether oxygens (including phenoxy) is 1. The fraction of sp³-hybridized carbons (Fsp3) is 0.0769. The van der Waals surface area contributed by atoms with Crippen molar-refractivity contribution in [2.45, 2.75) is 6.18 Å². The number of benzene rings is 1. The third-order valence-electron chi connectivity index (χ3n) is 2.62. The Morgan fingerprint density at radius 3 is 2.57 bits per heavy atom. The smallest absolute Gasteiger partial charge is 0.416 e. The van der Waals surface area contributed by atoms with Crippen molar-refractivity contribution >= 4 is 17.3 Å². The quantitative estimate of drug-likeness (QED) is 0.611. The number of nitro groups is 1. The average Bonchev–Trinajstić information content (AvgIpc) is 2.48. The van der Waals surface area contributed by atoms with Gasteiger partial charge >= 0.3 is 11.9 Å². The second-order valence-corrected chi connectivity index (χ2v) is 4.54. The van der Waals surface area contributed by atoms with Crippen LogP contribution in [-0.2, 0) is 6.18 Å². The zero-order valence-electron chi connectivity index (χ0n) is 11.0. The molecule has 1 heterocycles. The number of pyridine rings is 1. The van der Waals surface area contributed by atoms with Gasteiger partial charge in [-0.25, -0.2) is 0 Å². The molecule has 0 spiro atoms. The molecule has 0 aliphatic rings. The molecule has 0 fully saturated rings. The molecule has 2 aromatic rings. The van der Waals surface area contributed by atoms with Gasteiger partial charge in [-0.1, -0.05) is 11.6 Å². The van der Waals surface area contributed by atoms with Gasteiger partial charge in [0, 0.05) is 12.1 Å². The van der Waals surface area contributed by atoms with Crippen LogP contribution < -0.4 is 4.74 Å². The van der Waals surface area contributed by atoms with E-state index in [-0.39, 0.29) is 16.7 Å². The maximum absolute atomic E-state index is 12.7. The first kappa shape index (κ1) is 16.5. The second-order valence-electron chi connectivity index (χ2n) is 4.13. The summed E-state index contributed by atoms with van der Waals surface area (Å²) in [5, 5.41) is 19.4. The van der Waals surface area contributed by atoms with Crippen LogP contribution >= 0.6 is 11.6 Å². The van der Waals surface area contributed by atoms with Gasteiger partial charge in [0.15, 0.2) is 0 Å². The Bertz CT molecular complexity index is 818. The van der Waals surface area contributed by atoms with Crippen LogP contribution in [0, 0.1) is 21.4 Å². The molecule has 23 heavy (non-hydrogen) atoms. The van der Waals surface area contributed by atoms with Gasteiger partial charge < -0.3 is 4.74 Å². The van der Waals surface area contributed by atoms with Crippen LogP contribution in [0.25, 0.3) is 0 Å². The van der Waals surface area contributed by atoms with Crippen molar-refractivity contribution in [3.05, 3.63) is 56.7 Å². The summed E-state index contributed by atoms with van der Waals surface area (Å²) in [6, 6.07) is 5.96. The summed E-state index contributed by atoms with van der Waals surface area (Å²) in [5.41, 5.74) is -2.06. The van der Waals surface area contributed by atoms with Crippen LogP contribution in [0.3, 0.4) is 0 Å². The molecule has 0 unspecified atom stereocenters. The largest absolute Gasteiger partial charge is 0.437 e. The van der Waals surface area contributed by atoms with Crippen molar-refractivity contribution in [1.82, 2.24) is 4.98 Å². The molecule has 6 nitrogen and oxygen atoms in total. The molecule has 10 heteroatoms. The average molecular weight is 344 g/mol. The molecule has 0 bridgehead atoms. The van der Waals surface area contributed by atoms with Gasteiger partial charge in [0.05, 0.1) is 15.5 Å². The highest BCUT2D eigenvalue weighted by atomic mass is 35.5. The zero-order valence-corrected chi connectivity index (χ0v) is 11.7. The summed E-state index contributed by atoms with van der Waals surface area (Å²) < 4.78 is 43.1. The van der Waals surface area contributed by atoms with E-state index in [1.165, 1.54) is 6.07 Å². The Balaban J connectivity index is 2.40. The monoisotopic (exact) mass is 343 g/mol. The molecule has 0 radical (unpaired) electrons. The molecule has 0 aliphatic heterocycles. The molecule has 0 aliphatic carbocycles. The lowest BCUT2D eigenvalue weighted by Crippen LogP contribution is -2.05. The number of hydrogen-bond acceptors (Lipinski definition) is 5. The normalized spacial score (nSPS) is 10.9. The van der Waals surface area contributed by atoms with E-state index in [1.54, 1.807) is 0 Å². The molecule has 1 aromatic carbocycles. The first-order valence-electron chi connectivity index (χ1n) is 5.82. The van der Waals surface area contributed by atoms with Gasteiger partial charge in [-0.3, -0.25) is 10.1 Å². The number of rotatable bonds is 3. The molecule has 2 rings (SSSR count). The van der Waals surface area contributed by atoms with Crippen LogP contribution in [0.5, 0.6) is 11.6 Å². The predicted octanol–water partition coefficient (Wildman–Crippen LogP) is 4.33. The first-order valence-corrected chi connectivity index (χ1v) is 6.20. The lowest BCUT2D eigenvalue weighted by Gasteiger charge is -2.11. The minimum absolute atomic E-state index is 0.114. The SMILES string of the molecule is N#Cc1nc(Oc2cc(C(F)(F)F)ccc2Cl)ccc1[N+](=O)[O-]. The van der Waals surface area contributed by atoms with Crippen molar-refractivity contribution in [3.63, 3.8) is 0 Å². The summed E-state index contributed by atoms with van der Waals surface area (Å²) in [7, 11) is 0. The Labute approximate surface area is 131 Å². The molecule has 1 aromatic heterocycles. The number of hydrogen-bond donors (Lipinski definition) is 0. The van der Waals surface area contributed by atoms with E-state index in [0.717, 1.165) is 24.3 Å². The Morgan fingerprint density at radius 2 is 2.00 bits per heavy atom. The van der Waals surface area contributed by atoms with Crippen molar-refractivity contribution in [2.75, 3.05) is 0 Å². The summed E-state index contributed by atoms with van der Waals surface area (Å²) in [5.74, 6) is -0.639. The second kappa shape index (κ2) is 6.10. The van der Waals surface area contributed by atoms with Crippen LogP contribution in [0.4, 0.5) is 18.9 Å². The lowest BCUT2D eigenvalue weighted by molar-refractivity contribution is -0.385. The summed E-state index contributed by atoms with van der Waals surface area (Å²) >= 11 is 5.76. The van der Waals surface area contributed by atoms with Crippen LogP contribution in [0.2, 0.25) is 5.02 Å². The Morgan fingerprint density at radius 1 is 1.30 bits per heavy atom. The van der Waals surface area contributed by atoms with Crippen LogP contribution in [0.1, 0.15) is 11.3 Å². The van der Waals surface area contributed by atoms with E-state index in [2.05, 4.69) is 4.98 Å². The molecule has 0 amide bonds. The van der Waals surface area contributed by atoms with Gasteiger partial charge in [0.2, 0.25) is 11.6 Å². The number of nitriles is 1. The van der Waals surface area contributed by atoms with Gasteiger partial charge in [0.1, 0.15) is 11.8 Å². The van der Waals surface area contributed by atoms with Gasteiger partial charge in [-0.2, -0.15) is 23.4 Å². The minimum atomic E-state index is -4.59. The zero-order chi connectivity index (χ0) is 17.2. The molecular weight excluding hydrogens is 339 g/mol. The van der Waals surface area contributed by atoms with Gasteiger partial charge in [-0.15, -0.1) is 0 Å². The molecular formula is C13H5ClF3N3O3. The first-order chi connectivity index (χ1) is 10.7. The number of nitrogens with zero attached hydrogens (tertiary/aromatic N) is 3. The van der Waals surface area contributed by atoms with E-state index in [9.17, 15) is 23.3 Å². The summed E-state index contributed by atoms with van der Waals surface area (Å²) in [6.07, 6.45) is -4.59. The van der Waals surface area contributed by atoms with E-state index in [1.807, 2.05) is 0 Å². The minimum Gasteiger partial charge on any atom is -0.437 e. The van der Waals surface area contributed by atoms with Gasteiger partial charge in [0.25, 0.3) is 0 Å². The molecule has 0 atom stereocenters. The standard InChI is InChI=1S/C13H5ClF3N3O3/c14-8-2-1-7(13(15,16)17)5-11(8)23-12-4-3-10(20(21)22)9(6-18)19-12/h1-5H. The van der Waals surface area contributed by atoms with E-state index < -0.39 is 28.0 Å². The summed E-state index contributed by atoms with van der Waals surface area (Å²) in [6.45, 7) is 0. The predicted molar refractivity (Wildman–Crippen MR) is 72.1 cm³/mol. The highest BCUT2D eigenvalue weighted by Crippen LogP contribution is 2.36. The number of halogens is 4. The lowest BCUT2D eigenvalue weighted by atomic mass is 10.2. The highest BCUT2D eigenvalue weighted by molar-refractivity contribution is 6.32. The fourth-order valence-electron chi connectivity index (χ4n) is 1.59. The van der Waals surface area contributed by atoms with E-state index in [0.29, 0.717) is 6.07 Å². The number of alkyl halides is 3. The Kier molecular flexibility index (Phi) is 4.38. The third kappa shape index (κ3) is 3.67. The van der Waals surface area contributed by atoms with Crippen LogP contribution in [0.15, 0.2) is 30.3 Å². The fourth-order valence-corrected chi connectivity index (χ4v) is 1.75. The van der Waals surface area contributed by atoms with Crippen molar-refractivity contribution < 1.29 is 22.8 Å². The van der Waals surface area contributed by atoms with Crippen molar-refractivity contribution in [3.8, 4) is 17.7 Å². The molecule has 0 N–H and O–H groups in total. The molecule has 0 saturated carbocycles. The highest BCUT2D eigenvalue weighted by Gasteiger charge is 2.31. The van der Waals surface area contributed by atoms with Gasteiger partial charge in [-0.05, 0) is 18.2 Å². The Hall–Kier alpha value is -2.86. The molecule has 0 saturated heterocycles. The topological polar surface area (TPSA) is 89.0 Å². The number of aromatic nitrogens is 1. The van der Waals surface area contributed by atoms with E-state index in [4.69, 9.17) is 21.6 Å². The van der Waals surface area contributed by atoms with E-state index >= 15 is 0 Å². The third-order valence-corrected chi connectivity index (χ3v) is 2.94. The maximum Gasteiger partial charge on any atom is 0.416 e. The van der Waals surface area contributed by atoms with Crippen molar-refractivity contribution in [2.24, 2.45) is 0 Å².